The summed E-state index contributed by atoms with van der Waals surface area (Å²) in [6.45, 7) is 0.356. The van der Waals surface area contributed by atoms with Crippen LogP contribution in [0.15, 0.2) is 40.6 Å². The molecule has 0 aliphatic carbocycles. The highest BCUT2D eigenvalue weighted by molar-refractivity contribution is 7.93. The Morgan fingerprint density at radius 3 is 2.81 bits per heavy atom. The summed E-state index contributed by atoms with van der Waals surface area (Å²) in [5.41, 5.74) is 1.16. The van der Waals surface area contributed by atoms with Crippen molar-refractivity contribution in [3.63, 3.8) is 0 Å². The Balaban J connectivity index is 2.31. The number of anilines is 1. The third kappa shape index (κ3) is 3.60. The molecule has 0 aliphatic rings. The van der Waals surface area contributed by atoms with E-state index in [-0.39, 0.29) is 9.77 Å². The molecule has 6 nitrogen and oxygen atoms in total. The van der Waals surface area contributed by atoms with Crippen LogP contribution in [0.25, 0.3) is 0 Å². The fourth-order valence-corrected chi connectivity index (χ4v) is 4.08. The third-order valence-electron chi connectivity index (χ3n) is 2.60. The molecule has 2 rings (SSSR count). The summed E-state index contributed by atoms with van der Waals surface area (Å²) in [4.78, 5) is 10.6. The molecule has 0 saturated heterocycles. The summed E-state index contributed by atoms with van der Waals surface area (Å²) < 4.78 is 31.9. The molecular weight excluding hydrogens is 314 g/mol. The predicted octanol–water partition coefficient (Wildman–Crippen LogP) is 2.39. The molecule has 0 radical (unpaired) electrons. The van der Waals surface area contributed by atoms with Crippen LogP contribution in [-0.2, 0) is 21.4 Å². The summed E-state index contributed by atoms with van der Waals surface area (Å²) >= 11 is 0.868. The number of hydrogen-bond donors (Lipinski definition) is 2. The van der Waals surface area contributed by atoms with Crippen molar-refractivity contribution in [3.8, 4) is 0 Å². The molecule has 0 atom stereocenters. The Morgan fingerprint density at radius 1 is 1.38 bits per heavy atom. The number of ether oxygens (including phenoxy) is 1. The van der Waals surface area contributed by atoms with Crippen molar-refractivity contribution >= 4 is 33.0 Å². The van der Waals surface area contributed by atoms with Crippen LogP contribution in [-0.4, -0.2) is 26.6 Å². The van der Waals surface area contributed by atoms with E-state index in [1.807, 2.05) is 0 Å². The molecule has 112 valence electrons. The number of carbonyl (C=O) groups is 1. The van der Waals surface area contributed by atoms with Crippen molar-refractivity contribution < 1.29 is 23.1 Å². The fraction of sp³-hybridized carbons (Fsp3) is 0.154. The van der Waals surface area contributed by atoms with Gasteiger partial charge in [0.2, 0.25) is 0 Å². The van der Waals surface area contributed by atoms with Gasteiger partial charge in [-0.3, -0.25) is 4.72 Å². The number of carboxylic acids is 1. The molecule has 0 aliphatic heterocycles. The lowest BCUT2D eigenvalue weighted by atomic mass is 10.2. The van der Waals surface area contributed by atoms with Crippen LogP contribution >= 0.6 is 11.3 Å². The van der Waals surface area contributed by atoms with Crippen LogP contribution in [0.2, 0.25) is 0 Å². The second kappa shape index (κ2) is 6.25. The van der Waals surface area contributed by atoms with Gasteiger partial charge in [-0.1, -0.05) is 12.1 Å². The molecular formula is C13H13NO5S2. The zero-order chi connectivity index (χ0) is 15.5. The number of benzene rings is 1. The first-order valence-corrected chi connectivity index (χ1v) is 8.22. The van der Waals surface area contributed by atoms with E-state index in [4.69, 9.17) is 9.84 Å². The molecule has 1 aromatic heterocycles. The van der Waals surface area contributed by atoms with Gasteiger partial charge in [-0.15, -0.1) is 11.3 Å². The Morgan fingerprint density at radius 2 is 2.14 bits per heavy atom. The van der Waals surface area contributed by atoms with Gasteiger partial charge in [0.1, 0.15) is 9.77 Å². The van der Waals surface area contributed by atoms with Crippen molar-refractivity contribution in [2.45, 2.75) is 11.5 Å². The SMILES string of the molecule is COCc1cccc(NS(=O)(=O)c2ccsc2C(=O)O)c1. The lowest BCUT2D eigenvalue weighted by Gasteiger charge is -2.09. The molecule has 21 heavy (non-hydrogen) atoms. The summed E-state index contributed by atoms with van der Waals surface area (Å²) in [5.74, 6) is -1.27. The zero-order valence-corrected chi connectivity index (χ0v) is 12.7. The maximum absolute atomic E-state index is 12.3. The second-order valence-corrected chi connectivity index (χ2v) is 6.72. The normalized spacial score (nSPS) is 11.3. The van der Waals surface area contributed by atoms with Crippen LogP contribution < -0.4 is 4.72 Å². The Kier molecular flexibility index (Phi) is 4.61. The molecule has 0 spiro atoms. The van der Waals surface area contributed by atoms with E-state index < -0.39 is 16.0 Å². The van der Waals surface area contributed by atoms with Crippen molar-refractivity contribution in [2.24, 2.45) is 0 Å². The highest BCUT2D eigenvalue weighted by Crippen LogP contribution is 2.24. The number of carboxylic acid groups (broad SMARTS) is 1. The molecule has 0 fully saturated rings. The highest BCUT2D eigenvalue weighted by Gasteiger charge is 2.23. The minimum atomic E-state index is -3.94. The predicted molar refractivity (Wildman–Crippen MR) is 79.2 cm³/mol. The molecule has 0 amide bonds. The number of nitrogens with one attached hydrogen (secondary N) is 1. The van der Waals surface area contributed by atoms with Gasteiger partial charge in [0.05, 0.1) is 6.61 Å². The molecule has 0 saturated carbocycles. The summed E-state index contributed by atoms with van der Waals surface area (Å²) in [5, 5.41) is 10.4. The number of aromatic carboxylic acids is 1. The van der Waals surface area contributed by atoms with Gasteiger partial charge in [0, 0.05) is 12.8 Å². The van der Waals surface area contributed by atoms with E-state index >= 15 is 0 Å². The molecule has 8 heteroatoms. The van der Waals surface area contributed by atoms with Crippen LogP contribution in [0.5, 0.6) is 0 Å². The molecule has 2 N–H and O–H groups in total. The van der Waals surface area contributed by atoms with Crippen molar-refractivity contribution in [2.75, 3.05) is 11.8 Å². The minimum absolute atomic E-state index is 0.212. The van der Waals surface area contributed by atoms with Crippen LogP contribution in [0.4, 0.5) is 5.69 Å². The van der Waals surface area contributed by atoms with Gasteiger partial charge in [-0.25, -0.2) is 13.2 Å². The number of rotatable bonds is 6. The van der Waals surface area contributed by atoms with Gasteiger partial charge in [-0.05, 0) is 29.1 Å². The molecule has 1 aromatic carbocycles. The topological polar surface area (TPSA) is 92.7 Å². The van der Waals surface area contributed by atoms with Crippen molar-refractivity contribution in [1.29, 1.82) is 0 Å². The quantitative estimate of drug-likeness (QED) is 0.850. The lowest BCUT2D eigenvalue weighted by molar-refractivity contribution is 0.0698. The first kappa shape index (κ1) is 15.5. The van der Waals surface area contributed by atoms with Gasteiger partial charge >= 0.3 is 5.97 Å². The van der Waals surface area contributed by atoms with E-state index in [1.54, 1.807) is 31.4 Å². The van der Waals surface area contributed by atoms with E-state index in [0.717, 1.165) is 16.9 Å². The van der Waals surface area contributed by atoms with Crippen molar-refractivity contribution in [1.82, 2.24) is 0 Å². The van der Waals surface area contributed by atoms with Crippen molar-refractivity contribution in [3.05, 3.63) is 46.2 Å². The molecule has 2 aromatic rings. The average molecular weight is 327 g/mol. The van der Waals surface area contributed by atoms with Gasteiger partial charge < -0.3 is 9.84 Å². The molecule has 0 unspecified atom stereocenters. The standard InChI is InChI=1S/C13H13NO5S2/c1-19-8-9-3-2-4-10(7-9)14-21(17,18)11-5-6-20-12(11)13(15)16/h2-7,14H,8H2,1H3,(H,15,16). The molecule has 0 bridgehead atoms. The smallest absolute Gasteiger partial charge is 0.347 e. The average Bonchev–Trinajstić information content (AvgIpc) is 2.89. The Bertz CT molecular complexity index is 751. The third-order valence-corrected chi connectivity index (χ3v) is 5.06. The zero-order valence-electron chi connectivity index (χ0n) is 11.1. The first-order valence-electron chi connectivity index (χ1n) is 5.85. The number of methoxy groups -OCH3 is 1. The largest absolute Gasteiger partial charge is 0.477 e. The Hall–Kier alpha value is -1.90. The minimum Gasteiger partial charge on any atom is -0.477 e. The van der Waals surface area contributed by atoms with Gasteiger partial charge in [-0.2, -0.15) is 0 Å². The van der Waals surface area contributed by atoms with E-state index in [1.165, 1.54) is 11.4 Å². The summed E-state index contributed by atoms with van der Waals surface area (Å²) in [6.07, 6.45) is 0. The fourth-order valence-electron chi connectivity index (χ4n) is 1.77. The van der Waals surface area contributed by atoms with E-state index in [9.17, 15) is 13.2 Å². The van der Waals surface area contributed by atoms with Crippen LogP contribution in [0.1, 0.15) is 15.2 Å². The summed E-state index contributed by atoms with van der Waals surface area (Å²) in [6, 6.07) is 7.99. The van der Waals surface area contributed by atoms with Crippen LogP contribution in [0, 0.1) is 0 Å². The Labute approximate surface area is 126 Å². The van der Waals surface area contributed by atoms with Crippen LogP contribution in [0.3, 0.4) is 0 Å². The maximum atomic E-state index is 12.3. The number of sulfonamides is 1. The lowest BCUT2D eigenvalue weighted by Crippen LogP contribution is -2.15. The van der Waals surface area contributed by atoms with E-state index in [2.05, 4.69) is 4.72 Å². The second-order valence-electron chi connectivity index (χ2n) is 4.16. The van der Waals surface area contributed by atoms with Gasteiger partial charge in [0.25, 0.3) is 10.0 Å². The monoisotopic (exact) mass is 327 g/mol. The first-order chi connectivity index (χ1) is 9.94. The van der Waals surface area contributed by atoms with E-state index in [0.29, 0.717) is 12.3 Å². The highest BCUT2D eigenvalue weighted by atomic mass is 32.2. The molecule has 1 heterocycles. The number of hydrogen-bond acceptors (Lipinski definition) is 5. The summed E-state index contributed by atoms with van der Waals surface area (Å²) in [7, 11) is -2.40. The maximum Gasteiger partial charge on any atom is 0.347 e. The van der Waals surface area contributed by atoms with Gasteiger partial charge in [0.15, 0.2) is 0 Å². The number of thiophene rings is 1.